The molecule has 0 aromatic heterocycles. The second-order valence-corrected chi connectivity index (χ2v) is 5.99. The Morgan fingerprint density at radius 1 is 1.04 bits per heavy atom. The van der Waals surface area contributed by atoms with Gasteiger partial charge in [-0.1, -0.05) is 35.9 Å². The van der Waals surface area contributed by atoms with E-state index in [0.29, 0.717) is 21.8 Å². The van der Waals surface area contributed by atoms with Gasteiger partial charge in [-0.2, -0.15) is 0 Å². The Balaban J connectivity index is 1.86. The molecule has 0 spiro atoms. The van der Waals surface area contributed by atoms with Crippen LogP contribution in [0.2, 0.25) is 5.02 Å². The van der Waals surface area contributed by atoms with Gasteiger partial charge in [0.05, 0.1) is 15.6 Å². The second kappa shape index (κ2) is 6.92. The van der Waals surface area contributed by atoms with Crippen molar-refractivity contribution in [2.24, 2.45) is 0 Å². The van der Waals surface area contributed by atoms with Gasteiger partial charge in [-0.15, -0.1) is 0 Å². The van der Waals surface area contributed by atoms with Crippen molar-refractivity contribution in [2.45, 2.75) is 0 Å². The summed E-state index contributed by atoms with van der Waals surface area (Å²) in [5.74, 6) is 0.168. The van der Waals surface area contributed by atoms with Crippen molar-refractivity contribution < 1.29 is 10.0 Å². The number of non-ortho nitro benzene ring substituents is 1. The van der Waals surface area contributed by atoms with E-state index in [9.17, 15) is 15.2 Å². The number of nitrogens with zero attached hydrogens (tertiary/aromatic N) is 1. The highest BCUT2D eigenvalue weighted by Gasteiger charge is 2.11. The summed E-state index contributed by atoms with van der Waals surface area (Å²) in [5, 5.41) is 28.7. The smallest absolute Gasteiger partial charge is 0.271 e. The molecule has 6 nitrogen and oxygen atoms in total. The standard InChI is InChI=1S/C17H12ClN3O3S/c18-13-8-7-10(21(23)24)9-15(13)20-17(25)19-14-5-1-4-12-11(14)3-2-6-16(12)22/h1-9,22H,(H2,19,20,25). The Morgan fingerprint density at radius 2 is 1.72 bits per heavy atom. The summed E-state index contributed by atoms with van der Waals surface area (Å²) < 4.78 is 0. The van der Waals surface area contributed by atoms with E-state index in [1.54, 1.807) is 24.3 Å². The van der Waals surface area contributed by atoms with Gasteiger partial charge in [0.15, 0.2) is 5.11 Å². The van der Waals surface area contributed by atoms with E-state index in [1.807, 2.05) is 12.1 Å². The average molecular weight is 374 g/mol. The highest BCUT2D eigenvalue weighted by molar-refractivity contribution is 7.80. The van der Waals surface area contributed by atoms with Crippen LogP contribution in [0, 0.1) is 10.1 Å². The number of rotatable bonds is 3. The molecule has 0 amide bonds. The summed E-state index contributed by atoms with van der Waals surface area (Å²) in [6.45, 7) is 0. The van der Waals surface area contributed by atoms with Crippen LogP contribution in [-0.2, 0) is 0 Å². The SMILES string of the molecule is O=[N+]([O-])c1ccc(Cl)c(NC(=S)Nc2cccc3c(O)cccc23)c1. The van der Waals surface area contributed by atoms with Gasteiger partial charge < -0.3 is 15.7 Å². The first-order valence-corrected chi connectivity index (χ1v) is 7.97. The summed E-state index contributed by atoms with van der Waals surface area (Å²) in [5.41, 5.74) is 0.925. The van der Waals surface area contributed by atoms with E-state index in [0.717, 1.165) is 5.39 Å². The summed E-state index contributed by atoms with van der Waals surface area (Å²) in [6.07, 6.45) is 0. The lowest BCUT2D eigenvalue weighted by Gasteiger charge is -2.13. The normalized spacial score (nSPS) is 10.4. The van der Waals surface area contributed by atoms with E-state index >= 15 is 0 Å². The van der Waals surface area contributed by atoms with Crippen molar-refractivity contribution in [3.63, 3.8) is 0 Å². The number of halogens is 1. The van der Waals surface area contributed by atoms with Gasteiger partial charge in [-0.05, 0) is 30.4 Å². The third-order valence-corrected chi connectivity index (χ3v) is 4.09. The topological polar surface area (TPSA) is 87.4 Å². The molecule has 0 atom stereocenters. The average Bonchev–Trinajstić information content (AvgIpc) is 2.57. The lowest BCUT2D eigenvalue weighted by molar-refractivity contribution is -0.384. The number of hydrogen-bond acceptors (Lipinski definition) is 4. The third-order valence-electron chi connectivity index (χ3n) is 3.56. The van der Waals surface area contributed by atoms with Crippen molar-refractivity contribution in [3.8, 4) is 5.75 Å². The first-order chi connectivity index (χ1) is 12.0. The molecule has 126 valence electrons. The zero-order valence-electron chi connectivity index (χ0n) is 12.7. The molecule has 0 aliphatic rings. The van der Waals surface area contributed by atoms with Crippen LogP contribution < -0.4 is 10.6 Å². The number of nitrogens with one attached hydrogen (secondary N) is 2. The zero-order chi connectivity index (χ0) is 18.0. The number of phenolic OH excluding ortho intramolecular Hbond substituents is 1. The summed E-state index contributed by atoms with van der Waals surface area (Å²) in [4.78, 5) is 10.4. The van der Waals surface area contributed by atoms with Crippen LogP contribution in [0.3, 0.4) is 0 Å². The van der Waals surface area contributed by atoms with Crippen LogP contribution in [0.1, 0.15) is 0 Å². The lowest BCUT2D eigenvalue weighted by Crippen LogP contribution is -2.19. The van der Waals surface area contributed by atoms with Gasteiger partial charge in [-0.3, -0.25) is 10.1 Å². The van der Waals surface area contributed by atoms with Gasteiger partial charge in [0.2, 0.25) is 0 Å². The minimum Gasteiger partial charge on any atom is -0.507 e. The minimum atomic E-state index is -0.508. The predicted octanol–water partition coefficient (Wildman–Crippen LogP) is 4.92. The van der Waals surface area contributed by atoms with Crippen LogP contribution >= 0.6 is 23.8 Å². The van der Waals surface area contributed by atoms with Crippen molar-refractivity contribution in [1.29, 1.82) is 0 Å². The molecule has 3 aromatic rings. The van der Waals surface area contributed by atoms with E-state index in [-0.39, 0.29) is 16.5 Å². The monoisotopic (exact) mass is 373 g/mol. The van der Waals surface area contributed by atoms with Crippen LogP contribution in [0.5, 0.6) is 5.75 Å². The first-order valence-electron chi connectivity index (χ1n) is 7.18. The molecular weight excluding hydrogens is 362 g/mol. The predicted molar refractivity (Wildman–Crippen MR) is 104 cm³/mol. The molecule has 0 unspecified atom stereocenters. The number of anilines is 2. The molecule has 0 saturated heterocycles. The fourth-order valence-electron chi connectivity index (χ4n) is 2.40. The van der Waals surface area contributed by atoms with Gasteiger partial charge in [0.1, 0.15) is 5.75 Å². The van der Waals surface area contributed by atoms with Gasteiger partial charge >= 0.3 is 0 Å². The largest absolute Gasteiger partial charge is 0.507 e. The van der Waals surface area contributed by atoms with Crippen LogP contribution in [0.25, 0.3) is 10.8 Å². The van der Waals surface area contributed by atoms with Crippen molar-refractivity contribution >= 4 is 56.8 Å². The first kappa shape index (κ1) is 16.9. The summed E-state index contributed by atoms with van der Waals surface area (Å²) >= 11 is 11.3. The fraction of sp³-hybridized carbons (Fsp3) is 0. The molecule has 0 aliphatic heterocycles. The maximum atomic E-state index is 10.9. The van der Waals surface area contributed by atoms with Crippen LogP contribution in [0.4, 0.5) is 17.1 Å². The molecule has 0 saturated carbocycles. The van der Waals surface area contributed by atoms with Crippen molar-refractivity contribution in [1.82, 2.24) is 0 Å². The van der Waals surface area contributed by atoms with E-state index in [2.05, 4.69) is 10.6 Å². The van der Waals surface area contributed by atoms with Crippen molar-refractivity contribution in [2.75, 3.05) is 10.6 Å². The summed E-state index contributed by atoms with van der Waals surface area (Å²) in [7, 11) is 0. The maximum absolute atomic E-state index is 10.9. The Kier molecular flexibility index (Phi) is 4.69. The quantitative estimate of drug-likeness (QED) is 0.343. The fourth-order valence-corrected chi connectivity index (χ4v) is 2.79. The molecule has 25 heavy (non-hydrogen) atoms. The molecule has 0 radical (unpaired) electrons. The van der Waals surface area contributed by atoms with Gasteiger partial charge in [0, 0.05) is 28.6 Å². The summed E-state index contributed by atoms with van der Waals surface area (Å²) in [6, 6.07) is 14.6. The number of nitro groups is 1. The number of phenols is 1. The third kappa shape index (κ3) is 3.62. The zero-order valence-corrected chi connectivity index (χ0v) is 14.3. The minimum absolute atomic E-state index is 0.0928. The maximum Gasteiger partial charge on any atom is 0.271 e. The number of benzene rings is 3. The van der Waals surface area contributed by atoms with Crippen LogP contribution in [-0.4, -0.2) is 15.1 Å². The van der Waals surface area contributed by atoms with E-state index in [4.69, 9.17) is 23.8 Å². The van der Waals surface area contributed by atoms with E-state index in [1.165, 1.54) is 18.2 Å². The Hall–Kier alpha value is -2.90. The molecule has 3 aromatic carbocycles. The number of fused-ring (bicyclic) bond motifs is 1. The Labute approximate surface area is 153 Å². The molecule has 0 bridgehead atoms. The Morgan fingerprint density at radius 3 is 2.48 bits per heavy atom. The number of thiocarbonyl (C=S) groups is 1. The van der Waals surface area contributed by atoms with Gasteiger partial charge in [-0.25, -0.2) is 0 Å². The van der Waals surface area contributed by atoms with Crippen LogP contribution in [0.15, 0.2) is 54.6 Å². The number of aromatic hydroxyl groups is 1. The lowest BCUT2D eigenvalue weighted by atomic mass is 10.1. The highest BCUT2D eigenvalue weighted by atomic mass is 35.5. The highest BCUT2D eigenvalue weighted by Crippen LogP contribution is 2.30. The van der Waals surface area contributed by atoms with Crippen molar-refractivity contribution in [3.05, 3.63) is 69.7 Å². The molecule has 0 fully saturated rings. The van der Waals surface area contributed by atoms with Gasteiger partial charge in [0.25, 0.3) is 5.69 Å². The molecule has 0 heterocycles. The van der Waals surface area contributed by atoms with E-state index < -0.39 is 4.92 Å². The Bertz CT molecular complexity index is 994. The molecule has 8 heteroatoms. The number of hydrogen-bond donors (Lipinski definition) is 3. The molecule has 0 aliphatic carbocycles. The molecule has 3 N–H and O–H groups in total. The molecular formula is C17H12ClN3O3S. The second-order valence-electron chi connectivity index (χ2n) is 5.18. The molecule has 3 rings (SSSR count). The number of nitro benzene ring substituents is 1.